The van der Waals surface area contributed by atoms with Gasteiger partial charge in [-0.05, 0) is 68.3 Å². The number of anilines is 2. The molecule has 0 aliphatic heterocycles. The summed E-state index contributed by atoms with van der Waals surface area (Å²) in [5.41, 5.74) is 8.19. The number of hydrogen-bond donors (Lipinski definition) is 3. The van der Waals surface area contributed by atoms with Crippen molar-refractivity contribution in [2.75, 3.05) is 10.6 Å². The number of rotatable bonds is 8. The van der Waals surface area contributed by atoms with Crippen LogP contribution in [0.4, 0.5) is 11.4 Å². The topological polar surface area (TPSA) is 117 Å². The summed E-state index contributed by atoms with van der Waals surface area (Å²) in [6.45, 7) is 3.79. The molecule has 1 aromatic carbocycles. The van der Waals surface area contributed by atoms with Gasteiger partial charge in [0.1, 0.15) is 10.9 Å². The van der Waals surface area contributed by atoms with E-state index in [1.807, 2.05) is 24.3 Å². The standard InChI is InChI=1S/C27H37N5O3S/c1-3-18-13-15-21(16-14-18)32(17(2)25(33)29-19-9-5-4-6-10-19)27(35)24-22(28)23(31-36-24)26(34)30-20-11-7-8-12-20/h13-17,19-20H,3-12,28H2,1-2H3,(H,29,33)(H,30,34)/t17-/m0/s1. The van der Waals surface area contributed by atoms with E-state index in [2.05, 4.69) is 21.9 Å². The van der Waals surface area contributed by atoms with Crippen molar-refractivity contribution < 1.29 is 14.4 Å². The zero-order valence-corrected chi connectivity index (χ0v) is 22.0. The lowest BCUT2D eigenvalue weighted by atomic mass is 9.95. The molecule has 0 unspecified atom stereocenters. The van der Waals surface area contributed by atoms with Gasteiger partial charge in [0.2, 0.25) is 5.91 Å². The number of nitrogens with zero attached hydrogens (tertiary/aromatic N) is 2. The molecule has 2 aromatic rings. The number of nitrogens with one attached hydrogen (secondary N) is 2. The quantitative estimate of drug-likeness (QED) is 0.484. The highest BCUT2D eigenvalue weighted by Gasteiger charge is 2.33. The highest BCUT2D eigenvalue weighted by molar-refractivity contribution is 7.09. The minimum absolute atomic E-state index is 0.0653. The van der Waals surface area contributed by atoms with E-state index in [0.717, 1.165) is 74.9 Å². The maximum atomic E-state index is 13.8. The Labute approximate surface area is 217 Å². The normalized spacial score (nSPS) is 17.5. The molecular formula is C27H37N5O3S. The minimum atomic E-state index is -0.760. The molecule has 3 amide bonds. The molecule has 2 aliphatic carbocycles. The van der Waals surface area contributed by atoms with Crippen LogP contribution < -0.4 is 21.3 Å². The first-order chi connectivity index (χ1) is 17.4. The van der Waals surface area contributed by atoms with Gasteiger partial charge in [0.15, 0.2) is 5.69 Å². The molecule has 4 rings (SSSR count). The summed E-state index contributed by atoms with van der Waals surface area (Å²) >= 11 is 0.907. The predicted octanol–water partition coefficient (Wildman–Crippen LogP) is 4.44. The van der Waals surface area contributed by atoms with Gasteiger partial charge in [-0.2, -0.15) is 4.37 Å². The average Bonchev–Trinajstić information content (AvgIpc) is 3.54. The molecule has 1 aromatic heterocycles. The number of nitrogen functional groups attached to an aromatic ring is 1. The van der Waals surface area contributed by atoms with E-state index >= 15 is 0 Å². The zero-order valence-electron chi connectivity index (χ0n) is 21.2. The van der Waals surface area contributed by atoms with Crippen LogP contribution in [0.2, 0.25) is 0 Å². The number of carbonyl (C=O) groups is 3. The largest absolute Gasteiger partial charge is 0.395 e. The molecule has 0 bridgehead atoms. The van der Waals surface area contributed by atoms with Gasteiger partial charge in [0, 0.05) is 17.8 Å². The van der Waals surface area contributed by atoms with Crippen LogP contribution in [0.1, 0.15) is 97.4 Å². The molecule has 194 valence electrons. The van der Waals surface area contributed by atoms with Crippen molar-refractivity contribution in [3.05, 3.63) is 40.4 Å². The van der Waals surface area contributed by atoms with Gasteiger partial charge in [0.05, 0.1) is 5.69 Å². The molecular weight excluding hydrogens is 474 g/mol. The van der Waals surface area contributed by atoms with Crippen molar-refractivity contribution in [2.45, 2.75) is 96.2 Å². The van der Waals surface area contributed by atoms with Gasteiger partial charge >= 0.3 is 0 Å². The lowest BCUT2D eigenvalue weighted by Crippen LogP contribution is -2.51. The Kier molecular flexibility index (Phi) is 8.61. The Morgan fingerprint density at radius 3 is 2.19 bits per heavy atom. The zero-order chi connectivity index (χ0) is 25.7. The fourth-order valence-corrected chi connectivity index (χ4v) is 5.88. The Balaban J connectivity index is 1.58. The van der Waals surface area contributed by atoms with Crippen molar-refractivity contribution >= 4 is 40.6 Å². The highest BCUT2D eigenvalue weighted by atomic mass is 32.1. The number of hydrogen-bond acceptors (Lipinski definition) is 6. The lowest BCUT2D eigenvalue weighted by Gasteiger charge is -2.31. The number of aryl methyl sites for hydroxylation is 1. The fourth-order valence-electron chi connectivity index (χ4n) is 5.14. The van der Waals surface area contributed by atoms with Crippen molar-refractivity contribution in [3.8, 4) is 0 Å². The van der Waals surface area contributed by atoms with Crippen molar-refractivity contribution in [1.29, 1.82) is 0 Å². The Morgan fingerprint density at radius 2 is 1.58 bits per heavy atom. The Morgan fingerprint density at radius 1 is 1.00 bits per heavy atom. The number of aromatic nitrogens is 1. The first-order valence-electron chi connectivity index (χ1n) is 13.2. The van der Waals surface area contributed by atoms with Crippen LogP contribution in [0.15, 0.2) is 24.3 Å². The number of nitrogens with two attached hydrogens (primary N) is 1. The van der Waals surface area contributed by atoms with Crippen molar-refractivity contribution in [1.82, 2.24) is 15.0 Å². The number of carbonyl (C=O) groups excluding carboxylic acids is 3. The summed E-state index contributed by atoms with van der Waals surface area (Å²) in [5, 5.41) is 6.12. The van der Waals surface area contributed by atoms with Gasteiger partial charge in [-0.25, -0.2) is 0 Å². The Hall–Kier alpha value is -2.94. The van der Waals surface area contributed by atoms with E-state index in [1.54, 1.807) is 6.92 Å². The van der Waals surface area contributed by atoms with Crippen LogP contribution in [-0.4, -0.2) is 40.2 Å². The summed E-state index contributed by atoms with van der Waals surface area (Å²) in [6, 6.07) is 7.11. The van der Waals surface area contributed by atoms with Gasteiger partial charge < -0.3 is 16.4 Å². The van der Waals surface area contributed by atoms with Crippen LogP contribution in [-0.2, 0) is 11.2 Å². The molecule has 36 heavy (non-hydrogen) atoms. The second-order valence-corrected chi connectivity index (χ2v) is 10.7. The van der Waals surface area contributed by atoms with Gasteiger partial charge in [-0.3, -0.25) is 19.3 Å². The fraction of sp³-hybridized carbons (Fsp3) is 0.556. The van der Waals surface area contributed by atoms with E-state index in [-0.39, 0.29) is 40.2 Å². The van der Waals surface area contributed by atoms with Crippen molar-refractivity contribution in [3.63, 3.8) is 0 Å². The molecule has 0 spiro atoms. The molecule has 2 aliphatic rings. The van der Waals surface area contributed by atoms with E-state index in [1.165, 1.54) is 11.3 Å². The van der Waals surface area contributed by atoms with Gasteiger partial charge in [0.25, 0.3) is 11.8 Å². The molecule has 2 saturated carbocycles. The SMILES string of the molecule is CCc1ccc(N(C(=O)c2snc(C(=O)NC3CCCC3)c2N)[C@@H](C)C(=O)NC2CCCCC2)cc1. The average molecular weight is 512 g/mol. The first-order valence-corrected chi connectivity index (χ1v) is 13.9. The summed E-state index contributed by atoms with van der Waals surface area (Å²) in [5.74, 6) is -0.978. The molecule has 1 atom stereocenters. The first kappa shape index (κ1) is 26.1. The molecule has 2 fully saturated rings. The van der Waals surface area contributed by atoms with E-state index < -0.39 is 11.9 Å². The molecule has 1 heterocycles. The third kappa shape index (κ3) is 5.88. The van der Waals surface area contributed by atoms with E-state index in [9.17, 15) is 14.4 Å². The molecule has 9 heteroatoms. The summed E-state index contributed by atoms with van der Waals surface area (Å²) in [4.78, 5) is 41.5. The van der Waals surface area contributed by atoms with Crippen LogP contribution in [0.25, 0.3) is 0 Å². The van der Waals surface area contributed by atoms with Crippen LogP contribution in [0, 0.1) is 0 Å². The van der Waals surface area contributed by atoms with E-state index in [4.69, 9.17) is 5.73 Å². The van der Waals surface area contributed by atoms with E-state index in [0.29, 0.717) is 5.69 Å². The maximum Gasteiger partial charge on any atom is 0.273 e. The second-order valence-electron chi connectivity index (χ2n) is 9.94. The lowest BCUT2D eigenvalue weighted by molar-refractivity contribution is -0.122. The molecule has 0 saturated heterocycles. The van der Waals surface area contributed by atoms with Gasteiger partial charge in [-0.15, -0.1) is 0 Å². The second kappa shape index (κ2) is 11.9. The third-order valence-electron chi connectivity index (χ3n) is 7.39. The predicted molar refractivity (Wildman–Crippen MR) is 143 cm³/mol. The highest BCUT2D eigenvalue weighted by Crippen LogP contribution is 2.29. The van der Waals surface area contributed by atoms with Crippen LogP contribution >= 0.6 is 11.5 Å². The maximum absolute atomic E-state index is 13.8. The Bertz CT molecular complexity index is 1070. The minimum Gasteiger partial charge on any atom is -0.395 e. The smallest absolute Gasteiger partial charge is 0.273 e. The summed E-state index contributed by atoms with van der Waals surface area (Å²) < 4.78 is 4.24. The molecule has 8 nitrogen and oxygen atoms in total. The number of amides is 3. The summed E-state index contributed by atoms with van der Waals surface area (Å²) in [7, 11) is 0. The molecule has 4 N–H and O–H groups in total. The third-order valence-corrected chi connectivity index (χ3v) is 8.24. The van der Waals surface area contributed by atoms with Crippen molar-refractivity contribution in [2.24, 2.45) is 0 Å². The van der Waals surface area contributed by atoms with Crippen LogP contribution in [0.3, 0.4) is 0 Å². The molecule has 0 radical (unpaired) electrons. The monoisotopic (exact) mass is 511 g/mol. The van der Waals surface area contributed by atoms with Crippen LogP contribution in [0.5, 0.6) is 0 Å². The summed E-state index contributed by atoms with van der Waals surface area (Å²) in [6.07, 6.45) is 10.2. The van der Waals surface area contributed by atoms with Gasteiger partial charge in [-0.1, -0.05) is 51.2 Å². The number of benzene rings is 1.